The second-order valence-electron chi connectivity index (χ2n) is 11.9. The fourth-order valence-electron chi connectivity index (χ4n) is 5.38. The molecule has 1 aromatic carbocycles. The molecule has 0 bridgehead atoms. The van der Waals surface area contributed by atoms with Crippen molar-refractivity contribution in [3.05, 3.63) is 47.3 Å². The summed E-state index contributed by atoms with van der Waals surface area (Å²) < 4.78 is 2.51. The molecule has 0 saturated heterocycles. The SMILES string of the molecule is CC.CC.[B]c1ccc2c(c1)c(CC(C)(C)CC)c(-c1cc(CCCN(C)CCCC)cnc1C(C)CC)n2CC. The molecule has 41 heavy (non-hydrogen) atoms. The predicted molar refractivity (Wildman–Crippen MR) is 186 cm³/mol. The van der Waals surface area contributed by atoms with E-state index in [9.17, 15) is 0 Å². The van der Waals surface area contributed by atoms with Gasteiger partial charge in [0.05, 0.1) is 11.4 Å². The van der Waals surface area contributed by atoms with Gasteiger partial charge < -0.3 is 9.47 Å². The summed E-state index contributed by atoms with van der Waals surface area (Å²) in [4.78, 5) is 7.61. The van der Waals surface area contributed by atoms with E-state index in [1.807, 2.05) is 33.8 Å². The highest BCUT2D eigenvalue weighted by atomic mass is 15.1. The molecule has 2 heterocycles. The first-order chi connectivity index (χ1) is 19.6. The molecule has 4 heteroatoms. The Kier molecular flexibility index (Phi) is 16.6. The molecule has 0 amide bonds. The van der Waals surface area contributed by atoms with Crippen LogP contribution in [0.1, 0.15) is 131 Å². The molecule has 2 aromatic heterocycles. The summed E-state index contributed by atoms with van der Waals surface area (Å²) in [6, 6.07) is 8.92. The molecule has 0 aliphatic carbocycles. The van der Waals surface area contributed by atoms with Crippen molar-refractivity contribution < 1.29 is 0 Å². The van der Waals surface area contributed by atoms with Crippen LogP contribution in [0.15, 0.2) is 30.5 Å². The van der Waals surface area contributed by atoms with Crippen LogP contribution in [0.3, 0.4) is 0 Å². The molecule has 3 aromatic rings. The minimum absolute atomic E-state index is 0.205. The van der Waals surface area contributed by atoms with Gasteiger partial charge in [-0.1, -0.05) is 99.7 Å². The largest absolute Gasteiger partial charge is 0.340 e. The van der Waals surface area contributed by atoms with Gasteiger partial charge >= 0.3 is 0 Å². The zero-order valence-electron chi connectivity index (χ0n) is 29.0. The van der Waals surface area contributed by atoms with Crippen LogP contribution >= 0.6 is 0 Å². The number of rotatable bonds is 14. The highest BCUT2D eigenvalue weighted by Gasteiger charge is 2.27. The minimum Gasteiger partial charge on any atom is -0.340 e. The number of pyridine rings is 1. The van der Waals surface area contributed by atoms with Crippen molar-refractivity contribution in [2.75, 3.05) is 20.1 Å². The Morgan fingerprint density at radius 2 is 1.63 bits per heavy atom. The van der Waals surface area contributed by atoms with Gasteiger partial charge in [-0.3, -0.25) is 4.98 Å². The standard InChI is InChI=1S/C33H50BN3.2C2H6/c1-9-13-18-36(8)19-14-15-25-20-28(31(35-23-25)24(5)10-2)32-29(22-33(6,7)11-3)27-21-26(34)16-17-30(27)37(32)12-4;2*1-2/h16-17,20-21,23-24H,9-15,18-19,22H2,1-8H3;2*1-2H3. The van der Waals surface area contributed by atoms with E-state index in [1.54, 1.807) is 0 Å². The monoisotopic (exact) mass is 560 g/mol. The van der Waals surface area contributed by atoms with E-state index in [0.717, 1.165) is 50.7 Å². The molecule has 3 rings (SSSR count). The van der Waals surface area contributed by atoms with Gasteiger partial charge in [0.1, 0.15) is 7.85 Å². The second kappa shape index (κ2) is 18.5. The van der Waals surface area contributed by atoms with Crippen molar-refractivity contribution in [2.45, 2.75) is 134 Å². The fraction of sp³-hybridized carbons (Fsp3) is 0.649. The Labute approximate surface area is 255 Å². The summed E-state index contributed by atoms with van der Waals surface area (Å²) in [7, 11) is 8.58. The van der Waals surface area contributed by atoms with Gasteiger partial charge in [0.25, 0.3) is 0 Å². The number of nitrogens with zero attached hydrogens (tertiary/aromatic N) is 3. The number of hydrogen-bond donors (Lipinski definition) is 0. The van der Waals surface area contributed by atoms with Crippen LogP contribution in [0.5, 0.6) is 0 Å². The summed E-state index contributed by atoms with van der Waals surface area (Å²) in [5.74, 6) is 0.407. The zero-order valence-corrected chi connectivity index (χ0v) is 29.0. The fourth-order valence-corrected chi connectivity index (χ4v) is 5.38. The maximum Gasteiger partial charge on any atom is 0.113 e. The predicted octanol–water partition coefficient (Wildman–Crippen LogP) is 9.73. The number of aromatic nitrogens is 2. The molecule has 1 unspecified atom stereocenters. The van der Waals surface area contributed by atoms with E-state index >= 15 is 0 Å². The van der Waals surface area contributed by atoms with Gasteiger partial charge in [0.15, 0.2) is 0 Å². The lowest BCUT2D eigenvalue weighted by Gasteiger charge is -2.25. The number of aryl methyl sites for hydroxylation is 2. The second-order valence-corrected chi connectivity index (χ2v) is 11.9. The maximum atomic E-state index is 6.34. The van der Waals surface area contributed by atoms with E-state index < -0.39 is 0 Å². The van der Waals surface area contributed by atoms with E-state index in [-0.39, 0.29) is 5.41 Å². The van der Waals surface area contributed by atoms with Crippen molar-refractivity contribution >= 4 is 24.2 Å². The van der Waals surface area contributed by atoms with Crippen LogP contribution in [0, 0.1) is 5.41 Å². The van der Waals surface area contributed by atoms with Gasteiger partial charge in [0.2, 0.25) is 0 Å². The molecule has 0 aliphatic heterocycles. The molecule has 0 spiro atoms. The number of fused-ring (bicyclic) bond motifs is 1. The number of hydrogen-bond acceptors (Lipinski definition) is 2. The average molecular weight is 560 g/mol. The number of benzene rings is 1. The van der Waals surface area contributed by atoms with Gasteiger partial charge in [-0.2, -0.15) is 0 Å². The topological polar surface area (TPSA) is 21.1 Å². The van der Waals surface area contributed by atoms with Crippen LogP contribution in [0.25, 0.3) is 22.2 Å². The maximum absolute atomic E-state index is 6.34. The Hall–Kier alpha value is -2.07. The highest BCUT2D eigenvalue weighted by Crippen LogP contribution is 2.41. The summed E-state index contributed by atoms with van der Waals surface area (Å²) >= 11 is 0. The van der Waals surface area contributed by atoms with Crippen LogP contribution in [-0.4, -0.2) is 42.4 Å². The van der Waals surface area contributed by atoms with Gasteiger partial charge in [-0.15, -0.1) is 0 Å². The van der Waals surface area contributed by atoms with Crippen LogP contribution in [0.2, 0.25) is 0 Å². The molecular weight excluding hydrogens is 497 g/mol. The summed E-state index contributed by atoms with van der Waals surface area (Å²) in [5.41, 5.74) is 9.01. The minimum atomic E-state index is 0.205. The van der Waals surface area contributed by atoms with Crippen molar-refractivity contribution in [2.24, 2.45) is 5.41 Å². The molecule has 0 fully saturated rings. The molecule has 0 aliphatic rings. The first-order valence-corrected chi connectivity index (χ1v) is 16.7. The van der Waals surface area contributed by atoms with Crippen LogP contribution < -0.4 is 5.46 Å². The van der Waals surface area contributed by atoms with E-state index in [4.69, 9.17) is 12.8 Å². The molecular formula is C37H62BN3. The lowest BCUT2D eigenvalue weighted by molar-refractivity contribution is 0.323. The average Bonchev–Trinajstić information content (AvgIpc) is 3.28. The van der Waals surface area contributed by atoms with E-state index in [0.29, 0.717) is 5.92 Å². The van der Waals surface area contributed by atoms with E-state index in [1.165, 1.54) is 58.4 Å². The molecule has 0 N–H and O–H groups in total. The smallest absolute Gasteiger partial charge is 0.113 e. The summed E-state index contributed by atoms with van der Waals surface area (Å²) in [5, 5.41) is 1.30. The molecule has 1 atom stereocenters. The normalized spacial score (nSPS) is 12.1. The van der Waals surface area contributed by atoms with Crippen molar-refractivity contribution in [3.63, 3.8) is 0 Å². The summed E-state index contributed by atoms with van der Waals surface area (Å²) in [6.45, 7) is 27.4. The highest BCUT2D eigenvalue weighted by molar-refractivity contribution is 6.33. The third-order valence-corrected chi connectivity index (χ3v) is 8.33. The summed E-state index contributed by atoms with van der Waals surface area (Å²) in [6.07, 6.45) is 10.1. The third-order valence-electron chi connectivity index (χ3n) is 8.33. The quantitative estimate of drug-likeness (QED) is 0.183. The zero-order chi connectivity index (χ0) is 31.2. The van der Waals surface area contributed by atoms with Crippen molar-refractivity contribution in [3.8, 4) is 11.3 Å². The van der Waals surface area contributed by atoms with Crippen molar-refractivity contribution in [1.29, 1.82) is 0 Å². The van der Waals surface area contributed by atoms with Crippen LogP contribution in [-0.2, 0) is 19.4 Å². The molecule has 228 valence electrons. The lowest BCUT2D eigenvalue weighted by atomic mass is 9.81. The first kappa shape index (κ1) is 37.0. The molecule has 3 nitrogen and oxygen atoms in total. The lowest BCUT2D eigenvalue weighted by Crippen LogP contribution is -2.21. The Bertz CT molecular complexity index is 1160. The van der Waals surface area contributed by atoms with Crippen molar-refractivity contribution in [1.82, 2.24) is 14.5 Å². The van der Waals surface area contributed by atoms with Crippen LogP contribution in [0.4, 0.5) is 0 Å². The third kappa shape index (κ3) is 10.0. The van der Waals surface area contributed by atoms with Gasteiger partial charge in [-0.05, 0) is 93.8 Å². The molecule has 0 saturated carbocycles. The number of unbranched alkanes of at least 4 members (excludes halogenated alkanes) is 1. The Morgan fingerprint density at radius 3 is 2.22 bits per heavy atom. The molecule has 2 radical (unpaired) electrons. The van der Waals surface area contributed by atoms with Gasteiger partial charge in [0, 0.05) is 29.2 Å². The Morgan fingerprint density at radius 1 is 0.976 bits per heavy atom. The van der Waals surface area contributed by atoms with E-state index in [2.05, 4.69) is 89.4 Å². The van der Waals surface area contributed by atoms with Gasteiger partial charge in [-0.25, -0.2) is 0 Å². The first-order valence-electron chi connectivity index (χ1n) is 16.7. The Balaban J connectivity index is 0.00000201.